The van der Waals surface area contributed by atoms with Crippen molar-refractivity contribution in [3.8, 4) is 0 Å². The van der Waals surface area contributed by atoms with Gasteiger partial charge in [0, 0.05) is 16.7 Å². The van der Waals surface area contributed by atoms with Crippen molar-refractivity contribution in [3.05, 3.63) is 46.0 Å². The fraction of sp³-hybridized carbons (Fsp3) is 0.438. The van der Waals surface area contributed by atoms with E-state index in [1.807, 2.05) is 0 Å². The van der Waals surface area contributed by atoms with Crippen LogP contribution in [0.4, 0.5) is 5.13 Å². The molecule has 0 aliphatic heterocycles. The summed E-state index contributed by atoms with van der Waals surface area (Å²) in [6, 6.07) is 8.83. The van der Waals surface area contributed by atoms with Gasteiger partial charge in [-0.2, -0.15) is 0 Å². The second kappa shape index (κ2) is 5.33. The minimum atomic E-state index is 0.0484. The van der Waals surface area contributed by atoms with Crippen LogP contribution in [0.5, 0.6) is 0 Å². The van der Waals surface area contributed by atoms with Gasteiger partial charge in [0.2, 0.25) is 0 Å². The molecule has 19 heavy (non-hydrogen) atoms. The number of hydrogen-bond donors (Lipinski definition) is 1. The maximum Gasteiger partial charge on any atom is 0.180 e. The van der Waals surface area contributed by atoms with Gasteiger partial charge in [-0.15, -0.1) is 11.3 Å². The van der Waals surface area contributed by atoms with Gasteiger partial charge in [0.15, 0.2) is 5.13 Å². The van der Waals surface area contributed by atoms with E-state index in [1.165, 1.54) is 16.0 Å². The lowest BCUT2D eigenvalue weighted by atomic mass is 9.90. The molecule has 0 saturated heterocycles. The van der Waals surface area contributed by atoms with E-state index in [9.17, 15) is 0 Å². The summed E-state index contributed by atoms with van der Waals surface area (Å²) in [5.41, 5.74) is 9.77. The van der Waals surface area contributed by atoms with Crippen LogP contribution in [0, 0.1) is 0 Å². The SMILES string of the molecule is CCc1ccc(Cc2sc(N)nc2C(C)(C)C)cc1. The van der Waals surface area contributed by atoms with E-state index in [0.717, 1.165) is 18.5 Å². The fourth-order valence-electron chi connectivity index (χ4n) is 2.15. The second-order valence-corrected chi connectivity index (χ2v) is 7.04. The molecule has 0 bridgehead atoms. The van der Waals surface area contributed by atoms with Gasteiger partial charge in [0.05, 0.1) is 5.69 Å². The highest BCUT2D eigenvalue weighted by Crippen LogP contribution is 2.32. The van der Waals surface area contributed by atoms with Crippen molar-refractivity contribution in [2.45, 2.75) is 46.0 Å². The maximum atomic E-state index is 5.88. The molecule has 0 spiro atoms. The predicted molar refractivity (Wildman–Crippen MR) is 83.9 cm³/mol. The number of nitrogens with zero attached hydrogens (tertiary/aromatic N) is 1. The van der Waals surface area contributed by atoms with Crippen LogP contribution in [-0.2, 0) is 18.3 Å². The average molecular weight is 274 g/mol. The summed E-state index contributed by atoms with van der Waals surface area (Å²) in [5, 5.41) is 0.671. The van der Waals surface area contributed by atoms with Crippen LogP contribution in [0.15, 0.2) is 24.3 Å². The first kappa shape index (κ1) is 14.1. The Morgan fingerprint density at radius 2 is 1.68 bits per heavy atom. The van der Waals surface area contributed by atoms with Crippen molar-refractivity contribution >= 4 is 16.5 Å². The molecule has 1 aromatic heterocycles. The Kier molecular flexibility index (Phi) is 3.95. The zero-order valence-electron chi connectivity index (χ0n) is 12.2. The number of thiazole rings is 1. The highest BCUT2D eigenvalue weighted by molar-refractivity contribution is 7.15. The smallest absolute Gasteiger partial charge is 0.180 e. The minimum absolute atomic E-state index is 0.0484. The van der Waals surface area contributed by atoms with E-state index >= 15 is 0 Å². The lowest BCUT2D eigenvalue weighted by Crippen LogP contribution is -2.14. The molecule has 0 saturated carbocycles. The van der Waals surface area contributed by atoms with Crippen LogP contribution in [0.1, 0.15) is 49.4 Å². The van der Waals surface area contributed by atoms with Crippen molar-refractivity contribution in [2.75, 3.05) is 5.73 Å². The van der Waals surface area contributed by atoms with E-state index in [-0.39, 0.29) is 5.41 Å². The first-order valence-electron chi connectivity index (χ1n) is 6.73. The summed E-state index contributed by atoms with van der Waals surface area (Å²) >= 11 is 1.61. The van der Waals surface area contributed by atoms with Crippen molar-refractivity contribution < 1.29 is 0 Å². The number of aryl methyl sites for hydroxylation is 1. The molecule has 2 N–H and O–H groups in total. The van der Waals surface area contributed by atoms with E-state index < -0.39 is 0 Å². The summed E-state index contributed by atoms with van der Waals surface area (Å²) in [6.07, 6.45) is 2.01. The number of hydrogen-bond acceptors (Lipinski definition) is 3. The lowest BCUT2D eigenvalue weighted by Gasteiger charge is -2.17. The van der Waals surface area contributed by atoms with Gasteiger partial charge in [-0.25, -0.2) is 4.98 Å². The molecule has 3 heteroatoms. The van der Waals surface area contributed by atoms with E-state index in [4.69, 9.17) is 5.73 Å². The van der Waals surface area contributed by atoms with Gasteiger partial charge in [-0.05, 0) is 17.5 Å². The number of aromatic nitrogens is 1. The maximum absolute atomic E-state index is 5.88. The van der Waals surface area contributed by atoms with E-state index in [0.29, 0.717) is 5.13 Å². The topological polar surface area (TPSA) is 38.9 Å². The molecule has 102 valence electrons. The van der Waals surface area contributed by atoms with Crippen LogP contribution >= 0.6 is 11.3 Å². The van der Waals surface area contributed by atoms with Gasteiger partial charge < -0.3 is 5.73 Å². The number of nitrogen functional groups attached to an aromatic ring is 1. The van der Waals surface area contributed by atoms with Gasteiger partial charge in [-0.3, -0.25) is 0 Å². The van der Waals surface area contributed by atoms with Gasteiger partial charge in [-0.1, -0.05) is 52.0 Å². The molecule has 0 fully saturated rings. The third-order valence-corrected chi connectivity index (χ3v) is 4.10. The standard InChI is InChI=1S/C16H22N2S/c1-5-11-6-8-12(9-7-11)10-13-14(16(2,3)4)18-15(17)19-13/h6-9H,5,10H2,1-4H3,(H2,17,18). The molecule has 2 nitrogen and oxygen atoms in total. The average Bonchev–Trinajstić information content (AvgIpc) is 2.71. The molecule has 0 amide bonds. The largest absolute Gasteiger partial charge is 0.375 e. The zero-order valence-corrected chi connectivity index (χ0v) is 13.0. The van der Waals surface area contributed by atoms with Crippen molar-refractivity contribution in [1.82, 2.24) is 4.98 Å². The summed E-state index contributed by atoms with van der Waals surface area (Å²) in [6.45, 7) is 8.73. The summed E-state index contributed by atoms with van der Waals surface area (Å²) in [7, 11) is 0. The second-order valence-electron chi connectivity index (χ2n) is 5.92. The Labute approximate surface area is 119 Å². The van der Waals surface area contributed by atoms with E-state index in [1.54, 1.807) is 11.3 Å². The lowest BCUT2D eigenvalue weighted by molar-refractivity contribution is 0.568. The Morgan fingerprint density at radius 1 is 1.11 bits per heavy atom. The Morgan fingerprint density at radius 3 is 2.21 bits per heavy atom. The molecule has 0 aliphatic carbocycles. The Hall–Kier alpha value is -1.35. The highest BCUT2D eigenvalue weighted by Gasteiger charge is 2.22. The third kappa shape index (κ3) is 3.35. The third-order valence-electron chi connectivity index (χ3n) is 3.22. The molecular weight excluding hydrogens is 252 g/mol. The molecule has 0 unspecified atom stereocenters. The number of anilines is 1. The number of rotatable bonds is 3. The minimum Gasteiger partial charge on any atom is -0.375 e. The molecule has 2 aromatic rings. The monoisotopic (exact) mass is 274 g/mol. The van der Waals surface area contributed by atoms with Gasteiger partial charge in [0.1, 0.15) is 0 Å². The van der Waals surface area contributed by atoms with Crippen LogP contribution < -0.4 is 5.73 Å². The molecule has 2 rings (SSSR count). The van der Waals surface area contributed by atoms with Crippen LogP contribution in [0.2, 0.25) is 0 Å². The summed E-state index contributed by atoms with van der Waals surface area (Å²) in [4.78, 5) is 5.79. The Balaban J connectivity index is 2.27. The predicted octanol–water partition coefficient (Wildman–Crippen LogP) is 4.18. The van der Waals surface area contributed by atoms with Gasteiger partial charge >= 0.3 is 0 Å². The first-order chi connectivity index (χ1) is 8.90. The molecule has 0 atom stereocenters. The molecule has 0 aliphatic rings. The summed E-state index contributed by atoms with van der Waals surface area (Å²) in [5.74, 6) is 0. The Bertz CT molecular complexity index is 547. The van der Waals surface area contributed by atoms with Gasteiger partial charge in [0.25, 0.3) is 0 Å². The fourth-order valence-corrected chi connectivity index (χ4v) is 3.23. The first-order valence-corrected chi connectivity index (χ1v) is 7.55. The van der Waals surface area contributed by atoms with E-state index in [2.05, 4.69) is 56.9 Å². The molecule has 1 aromatic carbocycles. The zero-order chi connectivity index (χ0) is 14.0. The van der Waals surface area contributed by atoms with Crippen molar-refractivity contribution in [1.29, 1.82) is 0 Å². The summed E-state index contributed by atoms with van der Waals surface area (Å²) < 4.78 is 0. The molecular formula is C16H22N2S. The van der Waals surface area contributed by atoms with Crippen molar-refractivity contribution in [3.63, 3.8) is 0 Å². The van der Waals surface area contributed by atoms with Crippen LogP contribution in [0.25, 0.3) is 0 Å². The van der Waals surface area contributed by atoms with Crippen molar-refractivity contribution in [2.24, 2.45) is 0 Å². The number of nitrogens with two attached hydrogens (primary N) is 1. The molecule has 0 radical (unpaired) electrons. The highest BCUT2D eigenvalue weighted by atomic mass is 32.1. The quantitative estimate of drug-likeness (QED) is 0.912. The van der Waals surface area contributed by atoms with Crippen LogP contribution in [0.3, 0.4) is 0 Å². The number of benzene rings is 1. The normalized spacial score (nSPS) is 11.8. The molecule has 1 heterocycles. The van der Waals surface area contributed by atoms with Crippen LogP contribution in [-0.4, -0.2) is 4.98 Å².